The van der Waals surface area contributed by atoms with E-state index < -0.39 is 29.0 Å². The van der Waals surface area contributed by atoms with Crippen molar-refractivity contribution in [3.05, 3.63) is 166 Å². The summed E-state index contributed by atoms with van der Waals surface area (Å²) in [5.74, 6) is 0. The first kappa shape index (κ1) is 36.8. The fourth-order valence-corrected chi connectivity index (χ4v) is 8.36. The van der Waals surface area contributed by atoms with Gasteiger partial charge in [0.15, 0.2) is 0 Å². The standard InChI is InChI=1S/C49H33F6N3/c1-27-5-13-42-35(19-27)36-20-28(2)6-14-43(36)57(42)46-17-9-31(26-56)23-39(46)40-24-32(34-12-11-33(48(50,51)52)25-41(34)49(53,54)55)10-18-47(40)58-44-15-7-29(3)21-37(44)38-22-30(4)8-16-45(38)58/h5-25H,1-4H3. The van der Waals surface area contributed by atoms with Crippen LogP contribution in [0.25, 0.3) is 77.2 Å². The Morgan fingerprint density at radius 2 is 0.862 bits per heavy atom. The van der Waals surface area contributed by atoms with Crippen LogP contribution in [-0.4, -0.2) is 9.13 Å². The van der Waals surface area contributed by atoms with Crippen LogP contribution < -0.4 is 0 Å². The Morgan fingerprint density at radius 3 is 1.28 bits per heavy atom. The molecule has 0 saturated heterocycles. The summed E-state index contributed by atoms with van der Waals surface area (Å²) in [4.78, 5) is 0. The van der Waals surface area contributed by atoms with Gasteiger partial charge < -0.3 is 9.13 Å². The van der Waals surface area contributed by atoms with Gasteiger partial charge in [0, 0.05) is 32.7 Å². The minimum Gasteiger partial charge on any atom is -0.309 e. The molecule has 0 saturated carbocycles. The lowest BCUT2D eigenvalue weighted by atomic mass is 9.92. The van der Waals surface area contributed by atoms with Gasteiger partial charge in [0.2, 0.25) is 0 Å². The molecule has 0 amide bonds. The number of nitrogens with zero attached hydrogens (tertiary/aromatic N) is 3. The first-order chi connectivity index (χ1) is 27.6. The van der Waals surface area contributed by atoms with Crippen molar-refractivity contribution >= 4 is 43.6 Å². The molecule has 9 rings (SSSR count). The topological polar surface area (TPSA) is 33.6 Å². The summed E-state index contributed by atoms with van der Waals surface area (Å²) in [6.07, 6.45) is -10.1. The number of alkyl halides is 6. The summed E-state index contributed by atoms with van der Waals surface area (Å²) in [5.41, 5.74) is 7.21. The van der Waals surface area contributed by atoms with Gasteiger partial charge in [-0.05, 0) is 130 Å². The summed E-state index contributed by atoms with van der Waals surface area (Å²) in [6, 6.07) is 38.7. The smallest absolute Gasteiger partial charge is 0.309 e. The predicted octanol–water partition coefficient (Wildman–Crippen LogP) is 14.4. The molecule has 58 heavy (non-hydrogen) atoms. The van der Waals surface area contributed by atoms with E-state index >= 15 is 0 Å². The zero-order valence-electron chi connectivity index (χ0n) is 31.7. The van der Waals surface area contributed by atoms with Gasteiger partial charge in [-0.15, -0.1) is 0 Å². The maximum atomic E-state index is 14.7. The van der Waals surface area contributed by atoms with Crippen molar-refractivity contribution in [2.75, 3.05) is 0 Å². The molecular weight excluding hydrogens is 745 g/mol. The van der Waals surface area contributed by atoms with Gasteiger partial charge in [-0.3, -0.25) is 0 Å². The second-order valence-corrected chi connectivity index (χ2v) is 15.1. The molecule has 2 aromatic heterocycles. The number of hydrogen-bond acceptors (Lipinski definition) is 1. The van der Waals surface area contributed by atoms with Gasteiger partial charge in [0.1, 0.15) is 0 Å². The zero-order valence-corrected chi connectivity index (χ0v) is 31.7. The van der Waals surface area contributed by atoms with Crippen molar-refractivity contribution in [1.82, 2.24) is 9.13 Å². The lowest BCUT2D eigenvalue weighted by molar-refractivity contribution is -0.142. The van der Waals surface area contributed by atoms with E-state index in [1.54, 1.807) is 24.3 Å². The van der Waals surface area contributed by atoms with Gasteiger partial charge in [-0.25, -0.2) is 0 Å². The van der Waals surface area contributed by atoms with Crippen LogP contribution in [-0.2, 0) is 12.4 Å². The molecule has 286 valence electrons. The molecule has 0 N–H and O–H groups in total. The van der Waals surface area contributed by atoms with E-state index in [1.165, 1.54) is 6.07 Å². The Hall–Kier alpha value is -6.79. The minimum absolute atomic E-state index is 0.0639. The molecule has 0 bridgehead atoms. The lowest BCUT2D eigenvalue weighted by Gasteiger charge is -2.21. The summed E-state index contributed by atoms with van der Waals surface area (Å²) in [7, 11) is 0. The maximum Gasteiger partial charge on any atom is 0.417 e. The monoisotopic (exact) mass is 777 g/mol. The van der Waals surface area contributed by atoms with Gasteiger partial charge in [-0.2, -0.15) is 31.6 Å². The van der Waals surface area contributed by atoms with Crippen LogP contribution >= 0.6 is 0 Å². The average molecular weight is 778 g/mol. The van der Waals surface area contributed by atoms with Crippen molar-refractivity contribution < 1.29 is 26.3 Å². The largest absolute Gasteiger partial charge is 0.417 e. The summed E-state index contributed by atoms with van der Waals surface area (Å²) >= 11 is 0. The third kappa shape index (κ3) is 5.99. The fourth-order valence-electron chi connectivity index (χ4n) is 8.36. The molecule has 7 aromatic carbocycles. The molecular formula is C49H33F6N3. The zero-order chi connectivity index (χ0) is 40.8. The van der Waals surface area contributed by atoms with Gasteiger partial charge in [-0.1, -0.05) is 58.7 Å². The van der Waals surface area contributed by atoms with E-state index in [-0.39, 0.29) is 11.6 Å². The van der Waals surface area contributed by atoms with Crippen molar-refractivity contribution in [1.29, 1.82) is 5.26 Å². The maximum absolute atomic E-state index is 14.7. The van der Waals surface area contributed by atoms with Crippen molar-refractivity contribution in [3.63, 3.8) is 0 Å². The van der Waals surface area contributed by atoms with Crippen LogP contribution in [0, 0.1) is 39.0 Å². The molecule has 0 spiro atoms. The van der Waals surface area contributed by atoms with Crippen LogP contribution in [0.5, 0.6) is 0 Å². The molecule has 9 heteroatoms. The minimum atomic E-state index is -5.09. The molecule has 0 radical (unpaired) electrons. The van der Waals surface area contributed by atoms with Gasteiger partial charge in [0.25, 0.3) is 0 Å². The summed E-state index contributed by atoms with van der Waals surface area (Å²) in [6.45, 7) is 8.06. The molecule has 0 aliphatic rings. The number of fused-ring (bicyclic) bond motifs is 6. The molecule has 0 aliphatic heterocycles. The van der Waals surface area contributed by atoms with Crippen LogP contribution in [0.15, 0.2) is 127 Å². The average Bonchev–Trinajstić information content (AvgIpc) is 3.67. The molecule has 0 fully saturated rings. The van der Waals surface area contributed by atoms with Gasteiger partial charge >= 0.3 is 12.4 Å². The van der Waals surface area contributed by atoms with Crippen molar-refractivity contribution in [2.24, 2.45) is 0 Å². The first-order valence-electron chi connectivity index (χ1n) is 18.6. The number of aromatic nitrogens is 2. The number of benzene rings is 7. The Balaban J connectivity index is 1.43. The lowest BCUT2D eigenvalue weighted by Crippen LogP contribution is -2.12. The molecule has 9 aromatic rings. The van der Waals surface area contributed by atoms with E-state index in [2.05, 4.69) is 39.5 Å². The summed E-state index contributed by atoms with van der Waals surface area (Å²) < 4.78 is 89.8. The number of hydrogen-bond donors (Lipinski definition) is 0. The number of rotatable bonds is 4. The molecule has 2 heterocycles. The highest BCUT2D eigenvalue weighted by atomic mass is 19.4. The Kier molecular flexibility index (Phi) is 8.34. The SMILES string of the molecule is Cc1ccc2c(c1)c1cc(C)ccc1n2-c1ccc(C#N)cc1-c1cc(-c2ccc(C(F)(F)F)cc2C(F)(F)F)ccc1-n1c2ccc(C)cc2c2cc(C)ccc21. The van der Waals surface area contributed by atoms with Crippen molar-refractivity contribution in [2.45, 2.75) is 40.0 Å². The van der Waals surface area contributed by atoms with Crippen LogP contribution in [0.4, 0.5) is 26.3 Å². The van der Waals surface area contributed by atoms with E-state index in [0.29, 0.717) is 34.1 Å². The summed E-state index contributed by atoms with van der Waals surface area (Å²) in [5, 5.41) is 14.3. The Bertz CT molecular complexity index is 3090. The van der Waals surface area contributed by atoms with E-state index in [0.717, 1.165) is 71.9 Å². The highest BCUT2D eigenvalue weighted by Gasteiger charge is 2.38. The third-order valence-corrected chi connectivity index (χ3v) is 11.0. The Morgan fingerprint density at radius 1 is 0.431 bits per heavy atom. The van der Waals surface area contributed by atoms with Crippen molar-refractivity contribution in [3.8, 4) is 39.7 Å². The van der Waals surface area contributed by atoms with E-state index in [4.69, 9.17) is 0 Å². The number of nitriles is 1. The first-order valence-corrected chi connectivity index (χ1v) is 18.6. The van der Waals surface area contributed by atoms with Crippen LogP contribution in [0.3, 0.4) is 0 Å². The quantitative estimate of drug-likeness (QED) is 0.164. The van der Waals surface area contributed by atoms with Gasteiger partial charge in [0.05, 0.1) is 56.2 Å². The molecule has 0 atom stereocenters. The van der Waals surface area contributed by atoms with E-state index in [1.807, 2.05) is 82.3 Å². The highest BCUT2D eigenvalue weighted by Crippen LogP contribution is 2.46. The molecule has 0 unspecified atom stereocenters. The normalized spacial score (nSPS) is 12.3. The second-order valence-electron chi connectivity index (χ2n) is 15.1. The third-order valence-electron chi connectivity index (χ3n) is 11.0. The second kappa shape index (κ2) is 13.1. The molecule has 0 aliphatic carbocycles. The number of halogens is 6. The highest BCUT2D eigenvalue weighted by molar-refractivity contribution is 6.12. The molecule has 3 nitrogen and oxygen atoms in total. The predicted molar refractivity (Wildman–Crippen MR) is 220 cm³/mol. The number of aryl methyl sites for hydroxylation is 4. The van der Waals surface area contributed by atoms with E-state index in [9.17, 15) is 31.6 Å². The fraction of sp³-hybridized carbons (Fsp3) is 0.122. The van der Waals surface area contributed by atoms with Crippen LogP contribution in [0.1, 0.15) is 38.9 Å². The Labute approximate surface area is 329 Å². The van der Waals surface area contributed by atoms with Crippen LogP contribution in [0.2, 0.25) is 0 Å².